The minimum absolute atomic E-state index is 0.127. The summed E-state index contributed by atoms with van der Waals surface area (Å²) in [5, 5.41) is 0. The lowest BCUT2D eigenvalue weighted by Crippen LogP contribution is -2.40. The van der Waals surface area contributed by atoms with Gasteiger partial charge in [-0.15, -0.1) is 0 Å². The number of carbonyl (C=O) groups excluding carboxylic acids is 1. The highest BCUT2D eigenvalue weighted by molar-refractivity contribution is 5.79. The molecule has 2 aromatic rings. The lowest BCUT2D eigenvalue weighted by Gasteiger charge is -2.32. The van der Waals surface area contributed by atoms with Gasteiger partial charge in [-0.3, -0.25) is 4.79 Å². The van der Waals surface area contributed by atoms with Crippen LogP contribution in [-0.4, -0.2) is 65.9 Å². The number of rotatable bonds is 5. The second-order valence-electron chi connectivity index (χ2n) is 9.03. The number of likely N-dealkylation sites (tertiary alicyclic amines) is 1. The summed E-state index contributed by atoms with van der Waals surface area (Å²) in [6.45, 7) is 9.42. The third-order valence-electron chi connectivity index (χ3n) is 6.59. The molecule has 3 heterocycles. The van der Waals surface area contributed by atoms with E-state index in [2.05, 4.69) is 52.9 Å². The molecule has 1 amide bonds. The standard InChI is InChI=1S/C24H33N5O/c1-6-18-11-25-17(3)26-24(18)28-12-19-13-29(22(30)15-27(4)5)23(21(19)14-28)20-10-8-7-9-16(20)2/h7-11,19,21,23H,6,12-15H2,1-5H3/t19-,21-,23+/m1/s1. The minimum atomic E-state index is 0.127. The van der Waals surface area contributed by atoms with Crippen LogP contribution in [0.4, 0.5) is 5.82 Å². The van der Waals surface area contributed by atoms with Crippen molar-refractivity contribution >= 4 is 11.7 Å². The number of hydrogen-bond donors (Lipinski definition) is 0. The summed E-state index contributed by atoms with van der Waals surface area (Å²) in [5.74, 6) is 2.99. The molecule has 0 saturated carbocycles. The predicted molar refractivity (Wildman–Crippen MR) is 120 cm³/mol. The van der Waals surface area contributed by atoms with Gasteiger partial charge in [-0.1, -0.05) is 31.2 Å². The average Bonchev–Trinajstić information content (AvgIpc) is 3.26. The van der Waals surface area contributed by atoms with E-state index in [-0.39, 0.29) is 11.9 Å². The van der Waals surface area contributed by atoms with Crippen LogP contribution in [0.5, 0.6) is 0 Å². The van der Waals surface area contributed by atoms with E-state index in [0.29, 0.717) is 18.4 Å². The summed E-state index contributed by atoms with van der Waals surface area (Å²) in [6, 6.07) is 8.66. The highest BCUT2D eigenvalue weighted by Crippen LogP contribution is 2.46. The monoisotopic (exact) mass is 407 g/mol. The summed E-state index contributed by atoms with van der Waals surface area (Å²) in [5.41, 5.74) is 3.75. The van der Waals surface area contributed by atoms with Crippen LogP contribution in [0.1, 0.15) is 35.5 Å². The number of carbonyl (C=O) groups is 1. The number of hydrogen-bond acceptors (Lipinski definition) is 5. The number of anilines is 1. The van der Waals surface area contributed by atoms with Crippen molar-refractivity contribution in [1.82, 2.24) is 19.8 Å². The first kappa shape index (κ1) is 20.8. The van der Waals surface area contributed by atoms with Crippen molar-refractivity contribution in [3.8, 4) is 0 Å². The molecule has 30 heavy (non-hydrogen) atoms. The fraction of sp³-hybridized carbons (Fsp3) is 0.542. The Balaban J connectivity index is 1.66. The molecule has 1 aromatic heterocycles. The van der Waals surface area contributed by atoms with Crippen LogP contribution in [0.2, 0.25) is 0 Å². The van der Waals surface area contributed by atoms with Gasteiger partial charge in [-0.25, -0.2) is 9.97 Å². The highest BCUT2D eigenvalue weighted by atomic mass is 16.2. The molecule has 2 aliphatic rings. The maximum Gasteiger partial charge on any atom is 0.237 e. The summed E-state index contributed by atoms with van der Waals surface area (Å²) in [4.78, 5) is 28.9. The third kappa shape index (κ3) is 3.81. The van der Waals surface area contributed by atoms with Crippen molar-refractivity contribution in [2.45, 2.75) is 33.2 Å². The quantitative estimate of drug-likeness (QED) is 0.763. The fourth-order valence-corrected chi connectivity index (χ4v) is 5.16. The lowest BCUT2D eigenvalue weighted by molar-refractivity contribution is -0.133. The second kappa shape index (κ2) is 8.34. The lowest BCUT2D eigenvalue weighted by atomic mass is 9.87. The molecule has 3 atom stereocenters. The number of fused-ring (bicyclic) bond motifs is 1. The van der Waals surface area contributed by atoms with Gasteiger partial charge in [0.1, 0.15) is 11.6 Å². The Kier molecular flexibility index (Phi) is 5.78. The molecule has 0 radical (unpaired) electrons. The summed E-state index contributed by atoms with van der Waals surface area (Å²) in [7, 11) is 3.92. The normalized spacial score (nSPS) is 23.3. The Hall–Kier alpha value is -2.47. The van der Waals surface area contributed by atoms with Gasteiger partial charge >= 0.3 is 0 Å². The van der Waals surface area contributed by atoms with Crippen molar-refractivity contribution in [1.29, 1.82) is 0 Å². The highest BCUT2D eigenvalue weighted by Gasteiger charge is 2.49. The molecular formula is C24H33N5O. The van der Waals surface area contributed by atoms with Crippen LogP contribution in [-0.2, 0) is 11.2 Å². The molecule has 0 spiro atoms. The smallest absolute Gasteiger partial charge is 0.237 e. The molecule has 160 valence electrons. The molecule has 6 nitrogen and oxygen atoms in total. The third-order valence-corrected chi connectivity index (χ3v) is 6.59. The molecule has 0 aliphatic carbocycles. The Morgan fingerprint density at radius 1 is 1.17 bits per heavy atom. The van der Waals surface area contributed by atoms with Gasteiger partial charge in [-0.2, -0.15) is 0 Å². The molecule has 0 bridgehead atoms. The van der Waals surface area contributed by atoms with Gasteiger partial charge in [0.25, 0.3) is 0 Å². The van der Waals surface area contributed by atoms with E-state index in [1.54, 1.807) is 0 Å². The van der Waals surface area contributed by atoms with Crippen LogP contribution in [0.25, 0.3) is 0 Å². The van der Waals surface area contributed by atoms with Crippen LogP contribution in [0.15, 0.2) is 30.5 Å². The molecule has 2 aliphatic heterocycles. The Morgan fingerprint density at radius 2 is 1.93 bits per heavy atom. The number of amides is 1. The van der Waals surface area contributed by atoms with Gasteiger partial charge in [0.2, 0.25) is 5.91 Å². The molecule has 2 fully saturated rings. The zero-order valence-corrected chi connectivity index (χ0v) is 18.8. The Bertz CT molecular complexity index is 928. The van der Waals surface area contributed by atoms with Crippen molar-refractivity contribution in [2.75, 3.05) is 45.2 Å². The largest absolute Gasteiger partial charge is 0.356 e. The number of aryl methyl sites for hydroxylation is 3. The first-order valence-electron chi connectivity index (χ1n) is 11.0. The zero-order valence-electron chi connectivity index (χ0n) is 18.8. The SMILES string of the molecule is CCc1cnc(C)nc1N1C[C@@H]2CN(C(=O)CN(C)C)[C@@H](c3ccccc3C)[C@@H]2C1. The van der Waals surface area contributed by atoms with Crippen LogP contribution in [0, 0.1) is 25.7 Å². The minimum Gasteiger partial charge on any atom is -0.356 e. The maximum absolute atomic E-state index is 13.1. The van der Waals surface area contributed by atoms with E-state index in [1.807, 2.05) is 32.1 Å². The number of aromatic nitrogens is 2. The summed E-state index contributed by atoms with van der Waals surface area (Å²) in [6.07, 6.45) is 2.90. The van der Waals surface area contributed by atoms with E-state index in [0.717, 1.165) is 37.7 Å². The summed E-state index contributed by atoms with van der Waals surface area (Å²) < 4.78 is 0. The molecule has 2 saturated heterocycles. The average molecular weight is 408 g/mol. The van der Waals surface area contributed by atoms with Crippen molar-refractivity contribution < 1.29 is 4.79 Å². The van der Waals surface area contributed by atoms with Crippen LogP contribution >= 0.6 is 0 Å². The molecule has 4 rings (SSSR count). The molecule has 0 N–H and O–H groups in total. The van der Waals surface area contributed by atoms with Gasteiger partial charge in [-0.05, 0) is 45.5 Å². The molecule has 0 unspecified atom stereocenters. The predicted octanol–water partition coefficient (Wildman–Crippen LogP) is 2.85. The maximum atomic E-state index is 13.1. The second-order valence-corrected chi connectivity index (χ2v) is 9.03. The Labute approximate surface area is 179 Å². The molecule has 6 heteroatoms. The van der Waals surface area contributed by atoms with Crippen LogP contribution in [0.3, 0.4) is 0 Å². The van der Waals surface area contributed by atoms with Gasteiger partial charge in [0, 0.05) is 43.2 Å². The Morgan fingerprint density at radius 3 is 2.63 bits per heavy atom. The first-order chi connectivity index (χ1) is 14.4. The molecule has 1 aromatic carbocycles. The fourth-order valence-electron chi connectivity index (χ4n) is 5.16. The zero-order chi connectivity index (χ0) is 21.4. The van der Waals surface area contributed by atoms with E-state index < -0.39 is 0 Å². The van der Waals surface area contributed by atoms with E-state index in [9.17, 15) is 4.79 Å². The van der Waals surface area contributed by atoms with E-state index in [4.69, 9.17) is 4.98 Å². The van der Waals surface area contributed by atoms with E-state index >= 15 is 0 Å². The number of nitrogens with zero attached hydrogens (tertiary/aromatic N) is 5. The van der Waals surface area contributed by atoms with Crippen molar-refractivity contribution in [2.24, 2.45) is 11.8 Å². The van der Waals surface area contributed by atoms with E-state index in [1.165, 1.54) is 16.7 Å². The topological polar surface area (TPSA) is 52.6 Å². The number of likely N-dealkylation sites (N-methyl/N-ethyl adjacent to an activating group) is 1. The van der Waals surface area contributed by atoms with Crippen molar-refractivity contribution in [3.63, 3.8) is 0 Å². The summed E-state index contributed by atoms with van der Waals surface area (Å²) >= 11 is 0. The first-order valence-corrected chi connectivity index (χ1v) is 11.0. The number of benzene rings is 1. The van der Waals surface area contributed by atoms with Gasteiger partial charge in [0.15, 0.2) is 0 Å². The van der Waals surface area contributed by atoms with Gasteiger partial charge in [0.05, 0.1) is 12.6 Å². The van der Waals surface area contributed by atoms with Crippen LogP contribution < -0.4 is 4.90 Å². The van der Waals surface area contributed by atoms with Gasteiger partial charge < -0.3 is 14.7 Å². The molecular weight excluding hydrogens is 374 g/mol. The van der Waals surface area contributed by atoms with Crippen molar-refractivity contribution in [3.05, 3.63) is 53.0 Å².